The van der Waals surface area contributed by atoms with E-state index in [0.29, 0.717) is 6.42 Å². The SMILES string of the molecule is C/C1=C/C[C@@H](c2ccc3ncccc3c2)OC(=O)CC(O)C(C)(C)C(=O)C(C)[C@@H](O)C(C)CCC1. The number of Topliss-reactive ketones (excluding diaryl/α,β-unsaturated/α-hetero) is 1. The van der Waals surface area contributed by atoms with Crippen LogP contribution < -0.4 is 0 Å². The average molecular weight is 482 g/mol. The minimum absolute atomic E-state index is 0.0495. The van der Waals surface area contributed by atoms with Crippen molar-refractivity contribution in [2.45, 2.75) is 85.0 Å². The predicted molar refractivity (Wildman–Crippen MR) is 137 cm³/mol. The number of esters is 1. The van der Waals surface area contributed by atoms with Gasteiger partial charge in [0.2, 0.25) is 0 Å². The Morgan fingerprint density at radius 1 is 1.11 bits per heavy atom. The van der Waals surface area contributed by atoms with Crippen molar-refractivity contribution in [1.29, 1.82) is 0 Å². The third-order valence-corrected chi connectivity index (χ3v) is 7.52. The first-order valence-corrected chi connectivity index (χ1v) is 12.6. The van der Waals surface area contributed by atoms with Crippen LogP contribution in [0.1, 0.15) is 78.4 Å². The number of ether oxygens (including phenoxy) is 1. The normalized spacial score (nSPS) is 30.9. The molecule has 5 atom stereocenters. The molecule has 2 heterocycles. The van der Waals surface area contributed by atoms with E-state index in [9.17, 15) is 19.8 Å². The second-order valence-corrected chi connectivity index (χ2v) is 10.7. The quantitative estimate of drug-likeness (QED) is 0.423. The number of carbonyl (C=O) groups is 2. The van der Waals surface area contributed by atoms with Crippen LogP contribution in [0.2, 0.25) is 0 Å². The van der Waals surface area contributed by atoms with Crippen molar-refractivity contribution in [2.75, 3.05) is 0 Å². The van der Waals surface area contributed by atoms with Gasteiger partial charge < -0.3 is 14.9 Å². The lowest BCUT2D eigenvalue weighted by Crippen LogP contribution is -2.45. The zero-order chi connectivity index (χ0) is 25.8. The molecule has 1 aliphatic rings. The number of hydrogen-bond donors (Lipinski definition) is 2. The number of aromatic nitrogens is 1. The molecule has 0 fully saturated rings. The van der Waals surface area contributed by atoms with Crippen LogP contribution in [0.4, 0.5) is 0 Å². The Hall–Kier alpha value is -2.57. The summed E-state index contributed by atoms with van der Waals surface area (Å²) in [4.78, 5) is 30.5. The molecule has 1 aromatic heterocycles. The van der Waals surface area contributed by atoms with Crippen LogP contribution in [0.3, 0.4) is 0 Å². The first-order chi connectivity index (χ1) is 16.5. The van der Waals surface area contributed by atoms with E-state index in [0.717, 1.165) is 35.7 Å². The maximum absolute atomic E-state index is 13.2. The fourth-order valence-electron chi connectivity index (χ4n) is 4.85. The summed E-state index contributed by atoms with van der Waals surface area (Å²) in [7, 11) is 0. The summed E-state index contributed by atoms with van der Waals surface area (Å²) in [6, 6.07) is 9.66. The van der Waals surface area contributed by atoms with E-state index in [1.54, 1.807) is 27.0 Å². The molecule has 6 heteroatoms. The first kappa shape index (κ1) is 27.0. The van der Waals surface area contributed by atoms with Crippen molar-refractivity contribution in [2.24, 2.45) is 17.3 Å². The highest BCUT2D eigenvalue weighted by Crippen LogP contribution is 2.33. The number of cyclic esters (lactones) is 1. The van der Waals surface area contributed by atoms with Gasteiger partial charge in [-0.15, -0.1) is 0 Å². The number of allylic oxidation sites excluding steroid dienone is 1. The molecule has 190 valence electrons. The molecule has 0 aliphatic carbocycles. The lowest BCUT2D eigenvalue weighted by Gasteiger charge is -2.34. The van der Waals surface area contributed by atoms with Crippen LogP contribution in [0.15, 0.2) is 48.2 Å². The zero-order valence-electron chi connectivity index (χ0n) is 21.5. The second-order valence-electron chi connectivity index (χ2n) is 10.7. The van der Waals surface area contributed by atoms with E-state index in [1.165, 1.54) is 5.57 Å². The largest absolute Gasteiger partial charge is 0.457 e. The number of nitrogens with zero attached hydrogens (tertiary/aromatic N) is 1. The minimum atomic E-state index is -1.22. The molecule has 1 aromatic carbocycles. The van der Waals surface area contributed by atoms with Gasteiger partial charge in [-0.2, -0.15) is 0 Å². The molecule has 0 saturated carbocycles. The number of pyridine rings is 1. The van der Waals surface area contributed by atoms with Crippen LogP contribution in [0.25, 0.3) is 10.9 Å². The molecule has 2 N–H and O–H groups in total. The number of carbonyl (C=O) groups excluding carboxylic acids is 2. The highest BCUT2D eigenvalue weighted by atomic mass is 16.5. The van der Waals surface area contributed by atoms with Crippen LogP contribution in [0.5, 0.6) is 0 Å². The van der Waals surface area contributed by atoms with Crippen molar-refractivity contribution in [3.8, 4) is 0 Å². The van der Waals surface area contributed by atoms with E-state index in [-0.39, 0.29) is 18.1 Å². The van der Waals surface area contributed by atoms with Gasteiger partial charge in [0, 0.05) is 23.9 Å². The molecule has 0 saturated heterocycles. The molecule has 0 amide bonds. The molecule has 0 radical (unpaired) electrons. The van der Waals surface area contributed by atoms with Gasteiger partial charge in [0.1, 0.15) is 11.9 Å². The number of ketones is 1. The summed E-state index contributed by atoms with van der Waals surface area (Å²) in [5.74, 6) is -1.51. The number of aliphatic hydroxyl groups excluding tert-OH is 2. The van der Waals surface area contributed by atoms with Crippen molar-refractivity contribution in [3.63, 3.8) is 0 Å². The van der Waals surface area contributed by atoms with Gasteiger partial charge in [0.05, 0.1) is 29.6 Å². The molecule has 1 aliphatic heterocycles. The third kappa shape index (κ3) is 6.56. The number of benzene rings is 1. The van der Waals surface area contributed by atoms with E-state index >= 15 is 0 Å². The highest BCUT2D eigenvalue weighted by Gasteiger charge is 2.42. The summed E-state index contributed by atoms with van der Waals surface area (Å²) >= 11 is 0. The molecular formula is C29H39NO5. The monoisotopic (exact) mass is 481 g/mol. The van der Waals surface area contributed by atoms with Crippen LogP contribution in [-0.2, 0) is 14.3 Å². The molecule has 6 nitrogen and oxygen atoms in total. The van der Waals surface area contributed by atoms with Gasteiger partial charge in [0.25, 0.3) is 0 Å². The summed E-state index contributed by atoms with van der Waals surface area (Å²) < 4.78 is 5.87. The smallest absolute Gasteiger partial charge is 0.309 e. The van der Waals surface area contributed by atoms with Gasteiger partial charge >= 0.3 is 5.97 Å². The van der Waals surface area contributed by atoms with Crippen molar-refractivity contribution in [1.82, 2.24) is 4.98 Å². The van der Waals surface area contributed by atoms with E-state index in [4.69, 9.17) is 4.74 Å². The second kappa shape index (κ2) is 11.4. The summed E-state index contributed by atoms with van der Waals surface area (Å²) in [5, 5.41) is 22.6. The van der Waals surface area contributed by atoms with Gasteiger partial charge in [-0.1, -0.05) is 51.5 Å². The topological polar surface area (TPSA) is 96.7 Å². The lowest BCUT2D eigenvalue weighted by atomic mass is 9.73. The number of aliphatic hydroxyl groups is 2. The van der Waals surface area contributed by atoms with Gasteiger partial charge in [-0.25, -0.2) is 0 Å². The highest BCUT2D eigenvalue weighted by molar-refractivity contribution is 5.88. The fourth-order valence-corrected chi connectivity index (χ4v) is 4.85. The number of hydrogen-bond acceptors (Lipinski definition) is 6. The van der Waals surface area contributed by atoms with Crippen LogP contribution in [-0.4, -0.2) is 39.2 Å². The Kier molecular flexibility index (Phi) is 8.84. The summed E-state index contributed by atoms with van der Waals surface area (Å²) in [5.41, 5.74) is 1.71. The lowest BCUT2D eigenvalue weighted by molar-refractivity contribution is -0.155. The minimum Gasteiger partial charge on any atom is -0.457 e. The van der Waals surface area contributed by atoms with Crippen LogP contribution in [0, 0.1) is 17.3 Å². The maximum Gasteiger partial charge on any atom is 0.309 e. The molecule has 0 spiro atoms. The van der Waals surface area contributed by atoms with E-state index < -0.39 is 35.6 Å². The molecular weight excluding hydrogens is 442 g/mol. The Morgan fingerprint density at radius 2 is 1.86 bits per heavy atom. The van der Waals surface area contributed by atoms with Crippen molar-refractivity contribution < 1.29 is 24.5 Å². The van der Waals surface area contributed by atoms with Crippen molar-refractivity contribution in [3.05, 3.63) is 53.7 Å². The molecule has 0 bridgehead atoms. The fraction of sp³-hybridized carbons (Fsp3) is 0.552. The van der Waals surface area contributed by atoms with E-state index in [1.807, 2.05) is 37.3 Å². The molecule has 3 unspecified atom stereocenters. The van der Waals surface area contributed by atoms with Crippen molar-refractivity contribution >= 4 is 22.7 Å². The number of rotatable bonds is 1. The first-order valence-electron chi connectivity index (χ1n) is 12.6. The number of fused-ring (bicyclic) bond motifs is 1. The van der Waals surface area contributed by atoms with E-state index in [2.05, 4.69) is 18.0 Å². The molecule has 3 rings (SSSR count). The van der Waals surface area contributed by atoms with Gasteiger partial charge in [0.15, 0.2) is 0 Å². The Balaban J connectivity index is 1.91. The maximum atomic E-state index is 13.2. The Bertz CT molecular complexity index is 1080. The van der Waals surface area contributed by atoms with Crippen LogP contribution >= 0.6 is 0 Å². The Morgan fingerprint density at radius 3 is 2.60 bits per heavy atom. The third-order valence-electron chi connectivity index (χ3n) is 7.52. The standard InChI is InChI=1S/C29H39NO5/c1-18-8-6-9-19(2)27(33)20(3)28(34)29(4,5)25(31)17-26(32)35-24(14-11-18)22-12-13-23-21(16-22)10-7-15-30-23/h7,10-13,15-16,19-20,24-25,27,31,33H,6,8-9,14,17H2,1-5H3/b18-11-/t19?,20?,24-,25?,27-/m0/s1. The Labute approximate surface area is 208 Å². The van der Waals surface area contributed by atoms with Gasteiger partial charge in [-0.3, -0.25) is 14.6 Å². The van der Waals surface area contributed by atoms with Gasteiger partial charge in [-0.05, 0) is 55.9 Å². The molecule has 35 heavy (non-hydrogen) atoms. The summed E-state index contributed by atoms with van der Waals surface area (Å²) in [6.45, 7) is 8.98. The summed E-state index contributed by atoms with van der Waals surface area (Å²) in [6.07, 6.45) is 4.07. The average Bonchev–Trinajstić information content (AvgIpc) is 2.84. The zero-order valence-corrected chi connectivity index (χ0v) is 21.5. The molecule has 2 aromatic rings. The predicted octanol–water partition coefficient (Wildman–Crippen LogP) is 5.32.